The number of hydrogen-bond acceptors (Lipinski definition) is 2. The van der Waals surface area contributed by atoms with Gasteiger partial charge in [-0.25, -0.2) is 0 Å². The number of ether oxygens (including phenoxy) is 1. The SMILES string of the molecule is Cc1ccc(COCN2CCCC2)cc1. The van der Waals surface area contributed by atoms with Gasteiger partial charge in [0, 0.05) is 13.1 Å². The maximum absolute atomic E-state index is 5.67. The Balaban J connectivity index is 1.71. The molecule has 82 valence electrons. The van der Waals surface area contributed by atoms with Crippen LogP contribution in [0.25, 0.3) is 0 Å². The third-order valence-electron chi connectivity index (χ3n) is 2.86. The van der Waals surface area contributed by atoms with E-state index in [0.717, 1.165) is 13.3 Å². The first-order valence-corrected chi connectivity index (χ1v) is 5.70. The molecule has 0 unspecified atom stereocenters. The maximum Gasteiger partial charge on any atom is 0.0994 e. The molecule has 0 spiro atoms. The summed E-state index contributed by atoms with van der Waals surface area (Å²) in [7, 11) is 0. The van der Waals surface area contributed by atoms with Gasteiger partial charge in [0.15, 0.2) is 0 Å². The molecular formula is C13H19NO. The molecule has 1 aromatic carbocycles. The molecule has 1 heterocycles. The first-order valence-electron chi connectivity index (χ1n) is 5.70. The predicted molar refractivity (Wildman–Crippen MR) is 61.6 cm³/mol. The highest BCUT2D eigenvalue weighted by Crippen LogP contribution is 2.08. The average Bonchev–Trinajstić information content (AvgIpc) is 2.74. The zero-order chi connectivity index (χ0) is 10.5. The molecule has 0 radical (unpaired) electrons. The molecule has 1 aliphatic heterocycles. The number of hydrogen-bond donors (Lipinski definition) is 0. The van der Waals surface area contributed by atoms with Crippen LogP contribution in [0.1, 0.15) is 24.0 Å². The predicted octanol–water partition coefficient (Wildman–Crippen LogP) is 2.56. The van der Waals surface area contributed by atoms with Crippen LogP contribution in [0, 0.1) is 6.92 Å². The monoisotopic (exact) mass is 205 g/mol. The van der Waals surface area contributed by atoms with Crippen molar-refractivity contribution in [2.75, 3.05) is 19.8 Å². The molecule has 0 N–H and O–H groups in total. The quantitative estimate of drug-likeness (QED) is 0.749. The summed E-state index contributed by atoms with van der Waals surface area (Å²) in [5, 5.41) is 0. The number of rotatable bonds is 4. The fourth-order valence-corrected chi connectivity index (χ4v) is 1.89. The van der Waals surface area contributed by atoms with E-state index < -0.39 is 0 Å². The second-order valence-corrected chi connectivity index (χ2v) is 4.29. The van der Waals surface area contributed by atoms with Gasteiger partial charge in [0.05, 0.1) is 13.3 Å². The highest BCUT2D eigenvalue weighted by atomic mass is 16.5. The van der Waals surface area contributed by atoms with Crippen LogP contribution in [0.15, 0.2) is 24.3 Å². The lowest BCUT2D eigenvalue weighted by Crippen LogP contribution is -2.22. The Labute approximate surface area is 91.9 Å². The summed E-state index contributed by atoms with van der Waals surface area (Å²) < 4.78 is 5.67. The van der Waals surface area contributed by atoms with E-state index in [2.05, 4.69) is 36.1 Å². The Morgan fingerprint density at radius 3 is 2.47 bits per heavy atom. The van der Waals surface area contributed by atoms with Crippen molar-refractivity contribution in [3.05, 3.63) is 35.4 Å². The van der Waals surface area contributed by atoms with E-state index in [-0.39, 0.29) is 0 Å². The molecule has 15 heavy (non-hydrogen) atoms. The minimum Gasteiger partial charge on any atom is -0.361 e. The van der Waals surface area contributed by atoms with E-state index in [1.165, 1.54) is 37.1 Å². The smallest absolute Gasteiger partial charge is 0.0994 e. The van der Waals surface area contributed by atoms with Gasteiger partial charge >= 0.3 is 0 Å². The van der Waals surface area contributed by atoms with Gasteiger partial charge in [0.25, 0.3) is 0 Å². The fraction of sp³-hybridized carbons (Fsp3) is 0.538. The van der Waals surface area contributed by atoms with Crippen LogP contribution >= 0.6 is 0 Å². The van der Waals surface area contributed by atoms with Crippen LogP contribution < -0.4 is 0 Å². The van der Waals surface area contributed by atoms with Crippen molar-refractivity contribution in [2.24, 2.45) is 0 Å². The Kier molecular flexibility index (Phi) is 3.75. The molecule has 1 aliphatic rings. The van der Waals surface area contributed by atoms with Crippen molar-refractivity contribution < 1.29 is 4.74 Å². The molecule has 0 aromatic heterocycles. The van der Waals surface area contributed by atoms with E-state index >= 15 is 0 Å². The zero-order valence-electron chi connectivity index (χ0n) is 9.41. The van der Waals surface area contributed by atoms with Crippen LogP contribution in [0.3, 0.4) is 0 Å². The second kappa shape index (κ2) is 5.29. The first-order chi connectivity index (χ1) is 7.34. The van der Waals surface area contributed by atoms with Crippen molar-refractivity contribution in [3.63, 3.8) is 0 Å². The minimum absolute atomic E-state index is 0.733. The molecule has 2 nitrogen and oxygen atoms in total. The van der Waals surface area contributed by atoms with E-state index in [1.54, 1.807) is 0 Å². The molecule has 0 aliphatic carbocycles. The molecule has 1 fully saturated rings. The largest absolute Gasteiger partial charge is 0.361 e. The standard InChI is InChI=1S/C13H19NO/c1-12-4-6-13(7-5-12)10-15-11-14-8-2-3-9-14/h4-7H,2-3,8-11H2,1H3. The molecule has 0 atom stereocenters. The van der Waals surface area contributed by atoms with Gasteiger partial charge in [-0.2, -0.15) is 0 Å². The molecule has 2 rings (SSSR count). The van der Waals surface area contributed by atoms with Crippen LogP contribution in [0.4, 0.5) is 0 Å². The van der Waals surface area contributed by atoms with Gasteiger partial charge in [0.1, 0.15) is 0 Å². The van der Waals surface area contributed by atoms with E-state index in [9.17, 15) is 0 Å². The Hall–Kier alpha value is -0.860. The normalized spacial score (nSPS) is 17.1. The summed E-state index contributed by atoms with van der Waals surface area (Å²) in [5.41, 5.74) is 2.57. The second-order valence-electron chi connectivity index (χ2n) is 4.29. The summed E-state index contributed by atoms with van der Waals surface area (Å²) in [6.45, 7) is 6.03. The summed E-state index contributed by atoms with van der Waals surface area (Å²) in [6.07, 6.45) is 2.65. The van der Waals surface area contributed by atoms with Gasteiger partial charge in [-0.15, -0.1) is 0 Å². The third kappa shape index (κ3) is 3.33. The summed E-state index contributed by atoms with van der Waals surface area (Å²) >= 11 is 0. The lowest BCUT2D eigenvalue weighted by molar-refractivity contribution is 0.0312. The van der Waals surface area contributed by atoms with Crippen LogP contribution in [-0.2, 0) is 11.3 Å². The fourth-order valence-electron chi connectivity index (χ4n) is 1.89. The Bertz CT molecular complexity index is 288. The topological polar surface area (TPSA) is 12.5 Å². The van der Waals surface area contributed by atoms with Crippen LogP contribution in [0.2, 0.25) is 0 Å². The molecule has 2 heteroatoms. The maximum atomic E-state index is 5.67. The third-order valence-corrected chi connectivity index (χ3v) is 2.86. The zero-order valence-corrected chi connectivity index (χ0v) is 9.41. The van der Waals surface area contributed by atoms with E-state index in [0.29, 0.717) is 0 Å². The van der Waals surface area contributed by atoms with Gasteiger partial charge in [-0.05, 0) is 25.3 Å². The van der Waals surface area contributed by atoms with Crippen LogP contribution in [-0.4, -0.2) is 24.7 Å². The van der Waals surface area contributed by atoms with Gasteiger partial charge in [0.2, 0.25) is 0 Å². The minimum atomic E-state index is 0.733. The number of aryl methyl sites for hydroxylation is 1. The summed E-state index contributed by atoms with van der Waals surface area (Å²) in [5.74, 6) is 0. The van der Waals surface area contributed by atoms with E-state index in [4.69, 9.17) is 4.74 Å². The number of likely N-dealkylation sites (tertiary alicyclic amines) is 1. The Morgan fingerprint density at radius 1 is 1.13 bits per heavy atom. The lowest BCUT2D eigenvalue weighted by atomic mass is 10.2. The molecule has 1 aromatic rings. The van der Waals surface area contributed by atoms with Crippen molar-refractivity contribution in [1.82, 2.24) is 4.90 Å². The summed E-state index contributed by atoms with van der Waals surface area (Å²) in [6, 6.07) is 8.54. The van der Waals surface area contributed by atoms with Crippen molar-refractivity contribution in [3.8, 4) is 0 Å². The van der Waals surface area contributed by atoms with Gasteiger partial charge in [-0.1, -0.05) is 29.8 Å². The molecule has 0 amide bonds. The summed E-state index contributed by atoms with van der Waals surface area (Å²) in [4.78, 5) is 2.37. The van der Waals surface area contributed by atoms with Crippen molar-refractivity contribution in [1.29, 1.82) is 0 Å². The Morgan fingerprint density at radius 2 is 1.80 bits per heavy atom. The molecule has 0 bridgehead atoms. The molecule has 1 saturated heterocycles. The van der Waals surface area contributed by atoms with Crippen molar-refractivity contribution in [2.45, 2.75) is 26.4 Å². The van der Waals surface area contributed by atoms with Gasteiger partial charge in [-0.3, -0.25) is 4.90 Å². The first kappa shape index (κ1) is 10.7. The molecular weight excluding hydrogens is 186 g/mol. The van der Waals surface area contributed by atoms with Crippen molar-refractivity contribution >= 4 is 0 Å². The van der Waals surface area contributed by atoms with Gasteiger partial charge < -0.3 is 4.74 Å². The van der Waals surface area contributed by atoms with E-state index in [1.807, 2.05) is 0 Å². The lowest BCUT2D eigenvalue weighted by Gasteiger charge is -2.14. The van der Waals surface area contributed by atoms with Crippen LogP contribution in [0.5, 0.6) is 0 Å². The highest BCUT2D eigenvalue weighted by molar-refractivity contribution is 5.20. The highest BCUT2D eigenvalue weighted by Gasteiger charge is 2.10. The average molecular weight is 205 g/mol. The molecule has 0 saturated carbocycles. The number of nitrogens with zero attached hydrogens (tertiary/aromatic N) is 1. The number of benzene rings is 1.